The summed E-state index contributed by atoms with van der Waals surface area (Å²) in [5.41, 5.74) is 0.369. The first-order valence-corrected chi connectivity index (χ1v) is 9.95. The molecule has 0 spiro atoms. The Kier molecular flexibility index (Phi) is 5.56. The zero-order valence-electron chi connectivity index (χ0n) is 17.2. The molecular weight excluding hydrogens is 406 g/mol. The summed E-state index contributed by atoms with van der Waals surface area (Å²) in [5.74, 6) is -2.24. The van der Waals surface area contributed by atoms with Crippen LogP contribution in [0, 0.1) is 12.8 Å². The number of halogens is 1. The van der Waals surface area contributed by atoms with Crippen molar-refractivity contribution in [3.63, 3.8) is 0 Å². The number of carboxylic acids is 2. The molecule has 3 aromatic rings. The van der Waals surface area contributed by atoms with Gasteiger partial charge in [0.05, 0.1) is 10.6 Å². The van der Waals surface area contributed by atoms with Crippen LogP contribution in [-0.2, 0) is 16.8 Å². The number of phenols is 1. The highest BCUT2D eigenvalue weighted by Crippen LogP contribution is 2.42. The number of aromatic nitrogens is 1. The lowest BCUT2D eigenvalue weighted by atomic mass is 9.74. The molecule has 158 valence electrons. The van der Waals surface area contributed by atoms with Gasteiger partial charge in [-0.25, -0.2) is 4.79 Å². The predicted molar refractivity (Wildman–Crippen MR) is 116 cm³/mol. The van der Waals surface area contributed by atoms with E-state index in [-0.39, 0.29) is 22.3 Å². The summed E-state index contributed by atoms with van der Waals surface area (Å²) in [6.45, 7) is 7.92. The topological polar surface area (TPSA) is 99.8 Å². The van der Waals surface area contributed by atoms with E-state index < -0.39 is 17.4 Å². The molecular formula is C23H24ClNO5. The van der Waals surface area contributed by atoms with E-state index in [9.17, 15) is 24.9 Å². The van der Waals surface area contributed by atoms with Crippen molar-refractivity contribution in [3.8, 4) is 5.75 Å². The summed E-state index contributed by atoms with van der Waals surface area (Å²) in [6, 6.07) is 9.45. The fraction of sp³-hybridized carbons (Fsp3) is 0.304. The summed E-state index contributed by atoms with van der Waals surface area (Å²) in [4.78, 5) is 24.7. The maximum absolute atomic E-state index is 12.5. The lowest BCUT2D eigenvalue weighted by Crippen LogP contribution is -2.34. The van der Waals surface area contributed by atoms with Crippen LogP contribution in [0.3, 0.4) is 0 Å². The summed E-state index contributed by atoms with van der Waals surface area (Å²) in [7, 11) is 0. The first kappa shape index (κ1) is 21.7. The van der Waals surface area contributed by atoms with Crippen LogP contribution in [0.15, 0.2) is 36.4 Å². The van der Waals surface area contributed by atoms with E-state index in [1.165, 1.54) is 25.1 Å². The molecule has 2 aromatic carbocycles. The highest BCUT2D eigenvalue weighted by molar-refractivity contribution is 6.32. The van der Waals surface area contributed by atoms with Gasteiger partial charge in [-0.15, -0.1) is 0 Å². The number of hydrogen-bond donors (Lipinski definition) is 3. The second-order valence-electron chi connectivity index (χ2n) is 8.07. The molecule has 1 atom stereocenters. The van der Waals surface area contributed by atoms with Crippen molar-refractivity contribution in [2.24, 2.45) is 5.92 Å². The van der Waals surface area contributed by atoms with E-state index in [1.54, 1.807) is 19.1 Å². The fourth-order valence-electron chi connectivity index (χ4n) is 4.02. The van der Waals surface area contributed by atoms with E-state index >= 15 is 0 Å². The first-order chi connectivity index (χ1) is 14.0. The van der Waals surface area contributed by atoms with Crippen LogP contribution in [0.5, 0.6) is 5.75 Å². The minimum Gasteiger partial charge on any atom is -0.506 e. The fourth-order valence-corrected chi connectivity index (χ4v) is 4.14. The summed E-state index contributed by atoms with van der Waals surface area (Å²) in [5, 5.41) is 30.8. The number of fused-ring (bicyclic) bond motifs is 1. The van der Waals surface area contributed by atoms with Crippen LogP contribution in [0.25, 0.3) is 10.9 Å². The lowest BCUT2D eigenvalue weighted by Gasteiger charge is -2.27. The van der Waals surface area contributed by atoms with Gasteiger partial charge in [0, 0.05) is 23.1 Å². The van der Waals surface area contributed by atoms with Gasteiger partial charge in [-0.1, -0.05) is 43.6 Å². The molecule has 6 nitrogen and oxygen atoms in total. The molecule has 1 unspecified atom stereocenters. The predicted octanol–water partition coefficient (Wildman–Crippen LogP) is 5.05. The second kappa shape index (κ2) is 7.69. The third kappa shape index (κ3) is 3.31. The highest BCUT2D eigenvalue weighted by atomic mass is 35.5. The van der Waals surface area contributed by atoms with Gasteiger partial charge in [-0.2, -0.15) is 0 Å². The lowest BCUT2D eigenvalue weighted by molar-refractivity contribution is -0.141. The van der Waals surface area contributed by atoms with Crippen LogP contribution >= 0.6 is 11.6 Å². The molecule has 7 heteroatoms. The Morgan fingerprint density at radius 2 is 1.83 bits per heavy atom. The molecule has 0 aliphatic carbocycles. The molecule has 3 N–H and O–H groups in total. The number of aromatic carboxylic acids is 1. The minimum atomic E-state index is -1.61. The zero-order valence-corrected chi connectivity index (χ0v) is 18.0. The van der Waals surface area contributed by atoms with Gasteiger partial charge in [0.1, 0.15) is 11.2 Å². The first-order valence-electron chi connectivity index (χ1n) is 9.58. The van der Waals surface area contributed by atoms with Crippen LogP contribution in [0.2, 0.25) is 5.02 Å². The third-order valence-electron chi connectivity index (χ3n) is 5.60. The van der Waals surface area contributed by atoms with Crippen molar-refractivity contribution in [3.05, 3.63) is 63.8 Å². The van der Waals surface area contributed by atoms with Crippen LogP contribution in [0.4, 0.5) is 0 Å². The number of rotatable bonds is 6. The van der Waals surface area contributed by atoms with Gasteiger partial charge >= 0.3 is 11.9 Å². The van der Waals surface area contributed by atoms with Gasteiger partial charge in [0.2, 0.25) is 0 Å². The van der Waals surface area contributed by atoms with E-state index in [4.69, 9.17) is 11.6 Å². The molecule has 30 heavy (non-hydrogen) atoms. The highest BCUT2D eigenvalue weighted by Gasteiger charge is 2.41. The number of hydrogen-bond acceptors (Lipinski definition) is 3. The number of aromatic hydroxyl groups is 1. The number of nitrogens with zero attached hydrogens (tertiary/aromatic N) is 1. The largest absolute Gasteiger partial charge is 0.506 e. The van der Waals surface area contributed by atoms with E-state index in [0.717, 1.165) is 0 Å². The number of phenolic OH excluding ortho intramolecular Hbond substituents is 1. The second-order valence-corrected chi connectivity index (χ2v) is 8.47. The number of aliphatic carboxylic acids is 1. The summed E-state index contributed by atoms with van der Waals surface area (Å²) >= 11 is 5.91. The van der Waals surface area contributed by atoms with Crippen LogP contribution in [0.1, 0.15) is 48.0 Å². The van der Waals surface area contributed by atoms with Crippen molar-refractivity contribution in [1.82, 2.24) is 4.57 Å². The van der Waals surface area contributed by atoms with E-state index in [2.05, 4.69) is 0 Å². The molecule has 0 fully saturated rings. The van der Waals surface area contributed by atoms with Gasteiger partial charge in [0.25, 0.3) is 0 Å². The Bertz CT molecular complexity index is 1160. The average molecular weight is 430 g/mol. The zero-order chi connectivity index (χ0) is 22.4. The third-order valence-corrected chi connectivity index (χ3v) is 5.92. The van der Waals surface area contributed by atoms with Crippen LogP contribution in [-0.4, -0.2) is 31.8 Å². The molecule has 0 aliphatic heterocycles. The molecule has 3 rings (SSSR count). The van der Waals surface area contributed by atoms with Gasteiger partial charge in [-0.05, 0) is 49.1 Å². The quantitative estimate of drug-likeness (QED) is 0.509. The molecule has 0 bridgehead atoms. The van der Waals surface area contributed by atoms with Crippen LogP contribution < -0.4 is 0 Å². The molecule has 1 aromatic heterocycles. The maximum Gasteiger partial charge on any atom is 0.338 e. The molecule has 0 aliphatic rings. The van der Waals surface area contributed by atoms with Crippen molar-refractivity contribution in [1.29, 1.82) is 0 Å². The maximum atomic E-state index is 12.5. The minimum absolute atomic E-state index is 0.0897. The van der Waals surface area contributed by atoms with Crippen molar-refractivity contribution >= 4 is 34.4 Å². The van der Waals surface area contributed by atoms with Crippen molar-refractivity contribution in [2.75, 3.05) is 0 Å². The molecule has 0 saturated heterocycles. The van der Waals surface area contributed by atoms with E-state index in [1.807, 2.05) is 24.5 Å². The van der Waals surface area contributed by atoms with Gasteiger partial charge in [-0.3, -0.25) is 4.79 Å². The Labute approximate surface area is 179 Å². The Balaban J connectivity index is 2.45. The number of carbonyl (C=O) groups is 2. The monoisotopic (exact) mass is 429 g/mol. The molecule has 0 saturated carbocycles. The number of carboxylic acid groups (broad SMARTS) is 2. The Morgan fingerprint density at radius 1 is 1.17 bits per heavy atom. The van der Waals surface area contributed by atoms with E-state index in [0.29, 0.717) is 34.3 Å². The smallest absolute Gasteiger partial charge is 0.338 e. The molecule has 0 radical (unpaired) electrons. The summed E-state index contributed by atoms with van der Waals surface area (Å²) in [6.07, 6.45) is 0. The average Bonchev–Trinajstić information content (AvgIpc) is 2.94. The Hall–Kier alpha value is -2.99. The van der Waals surface area contributed by atoms with Crippen molar-refractivity contribution < 1.29 is 24.9 Å². The van der Waals surface area contributed by atoms with Gasteiger partial charge < -0.3 is 19.9 Å². The number of benzene rings is 2. The standard InChI is InChI=1S/C23H24ClNO5/c1-12(2)11-25-13(3)19(21(27)28)20-15(6-5-7-17(20)25)23(4,22(29)30)14-8-9-16(24)18(26)10-14/h5-10,12,26H,11H2,1-4H3,(H,27,28)(H,29,30). The SMILES string of the molecule is Cc1c(C(=O)O)c2c(C(C)(C(=O)O)c3ccc(Cl)c(O)c3)cccc2n1CC(C)C. The van der Waals surface area contributed by atoms with Crippen molar-refractivity contribution in [2.45, 2.75) is 39.7 Å². The molecule has 0 amide bonds. The van der Waals surface area contributed by atoms with Gasteiger partial charge in [0.15, 0.2) is 0 Å². The normalized spacial score (nSPS) is 13.5. The summed E-state index contributed by atoms with van der Waals surface area (Å²) < 4.78 is 1.93. The Morgan fingerprint density at radius 3 is 2.37 bits per heavy atom. The molecule has 1 heterocycles.